The van der Waals surface area contributed by atoms with Gasteiger partial charge in [0.2, 0.25) is 11.8 Å². The van der Waals surface area contributed by atoms with Crippen molar-refractivity contribution >= 4 is 34.2 Å². The Morgan fingerprint density at radius 3 is 2.44 bits per heavy atom. The van der Waals surface area contributed by atoms with E-state index in [1.54, 1.807) is 36.4 Å². The lowest BCUT2D eigenvalue weighted by atomic mass is 9.90. The maximum Gasteiger partial charge on any atom is 0.255 e. The zero-order chi connectivity index (χ0) is 31.0. The molecule has 0 spiro atoms. The molecule has 1 aliphatic heterocycles. The number of nitrogens with zero attached hydrogens (tertiary/aromatic N) is 8. The van der Waals surface area contributed by atoms with Gasteiger partial charge < -0.3 is 29.4 Å². The molecule has 0 radical (unpaired) electrons. The number of amides is 1. The average molecular weight is 608 g/mol. The zero-order valence-corrected chi connectivity index (χ0v) is 25.0. The number of furan rings is 1. The van der Waals surface area contributed by atoms with Crippen molar-refractivity contribution in [3.63, 3.8) is 0 Å². The third-order valence-electron chi connectivity index (χ3n) is 8.27. The molecule has 0 bridgehead atoms. The summed E-state index contributed by atoms with van der Waals surface area (Å²) in [5, 5.41) is 9.84. The number of nitrogen functional groups attached to an aromatic ring is 1. The van der Waals surface area contributed by atoms with Gasteiger partial charge >= 0.3 is 0 Å². The summed E-state index contributed by atoms with van der Waals surface area (Å²) in [6.07, 6.45) is 3.22. The van der Waals surface area contributed by atoms with Crippen LogP contribution in [-0.2, 0) is 15.1 Å². The molecule has 1 saturated heterocycles. The first-order valence-electron chi connectivity index (χ1n) is 14.7. The molecule has 0 aliphatic carbocycles. The van der Waals surface area contributed by atoms with Crippen LogP contribution in [0.5, 0.6) is 5.75 Å². The van der Waals surface area contributed by atoms with E-state index in [1.807, 2.05) is 66.4 Å². The highest BCUT2D eigenvalue weighted by Crippen LogP contribution is 2.33. The fourth-order valence-electron chi connectivity index (χ4n) is 5.82. The minimum atomic E-state index is -1.21. The number of carbonyl (C=O) groups excluding carboxylic acids is 1. The third kappa shape index (κ3) is 5.00. The van der Waals surface area contributed by atoms with E-state index in [0.29, 0.717) is 67.7 Å². The summed E-state index contributed by atoms with van der Waals surface area (Å²) >= 11 is 0. The van der Waals surface area contributed by atoms with Crippen LogP contribution in [0.15, 0.2) is 83.6 Å². The molecule has 2 aromatic carbocycles. The Balaban J connectivity index is 1.19. The summed E-state index contributed by atoms with van der Waals surface area (Å²) < 4.78 is 19.4. The fourth-order valence-corrected chi connectivity index (χ4v) is 5.82. The lowest BCUT2D eigenvalue weighted by Gasteiger charge is -2.40. The third-order valence-corrected chi connectivity index (χ3v) is 8.27. The van der Waals surface area contributed by atoms with Gasteiger partial charge in [0, 0.05) is 39.0 Å². The molecule has 2 N–H and O–H groups in total. The highest BCUT2D eigenvalue weighted by atomic mass is 16.5. The van der Waals surface area contributed by atoms with Gasteiger partial charge in [0.05, 0.1) is 24.5 Å². The average Bonchev–Trinajstić information content (AvgIpc) is 3.86. The van der Waals surface area contributed by atoms with Crippen LogP contribution >= 0.6 is 0 Å². The quantitative estimate of drug-likeness (QED) is 0.243. The SMILES string of the molecule is COCCOc1ccc(N2CCN(C(=O)[C@](C)(c3ccccc3)n3ncc4c3nc(N)n3nc(-c5ccco5)nc43)CC2)cc1. The molecule has 13 heteroatoms. The Kier molecular flexibility index (Phi) is 7.29. The minimum absolute atomic E-state index is 0.0850. The maximum absolute atomic E-state index is 14.6. The van der Waals surface area contributed by atoms with Crippen molar-refractivity contribution in [3.05, 3.63) is 84.8 Å². The van der Waals surface area contributed by atoms with E-state index in [1.165, 1.54) is 4.52 Å². The minimum Gasteiger partial charge on any atom is -0.491 e. The van der Waals surface area contributed by atoms with Gasteiger partial charge in [-0.2, -0.15) is 14.6 Å². The van der Waals surface area contributed by atoms with Gasteiger partial charge in [-0.25, -0.2) is 9.67 Å². The molecule has 1 atom stereocenters. The molecule has 4 aromatic heterocycles. The van der Waals surface area contributed by atoms with Gasteiger partial charge in [-0.15, -0.1) is 5.10 Å². The second-order valence-electron chi connectivity index (χ2n) is 11.0. The molecule has 0 unspecified atom stereocenters. The van der Waals surface area contributed by atoms with Gasteiger partial charge in [0.15, 0.2) is 22.6 Å². The highest BCUT2D eigenvalue weighted by Gasteiger charge is 2.43. The second kappa shape index (κ2) is 11.6. The van der Waals surface area contributed by atoms with Gasteiger partial charge in [-0.3, -0.25) is 4.79 Å². The molecule has 0 saturated carbocycles. The van der Waals surface area contributed by atoms with Crippen LogP contribution in [0, 0.1) is 0 Å². The van der Waals surface area contributed by atoms with E-state index < -0.39 is 5.54 Å². The Morgan fingerprint density at radius 1 is 0.956 bits per heavy atom. The lowest BCUT2D eigenvalue weighted by molar-refractivity contribution is -0.138. The van der Waals surface area contributed by atoms with Crippen LogP contribution < -0.4 is 15.4 Å². The first-order chi connectivity index (χ1) is 22.0. The standard InChI is InChI=1S/C32H33N9O4/c1-32(22-7-4-3-5-8-22,30(42)39-16-14-38(15-17-39)23-10-12-24(13-11-23)44-20-19-43-2)41-29-25(21-34-41)28-35-27(26-9-6-18-45-26)37-40(28)31(33)36-29/h3-13,18,21H,14-17,19-20H2,1-2H3,(H2,33,36)/t32-/m0/s1. The first-order valence-corrected chi connectivity index (χ1v) is 14.7. The number of piperazine rings is 1. The zero-order valence-electron chi connectivity index (χ0n) is 25.0. The van der Waals surface area contributed by atoms with Crippen molar-refractivity contribution in [2.45, 2.75) is 12.5 Å². The first kappa shape index (κ1) is 28.3. The van der Waals surface area contributed by atoms with Crippen LogP contribution in [0.25, 0.3) is 28.3 Å². The van der Waals surface area contributed by atoms with Crippen LogP contribution in [-0.4, -0.2) is 86.7 Å². The summed E-state index contributed by atoms with van der Waals surface area (Å²) in [4.78, 5) is 28.1. The number of hydrogen-bond acceptors (Lipinski definition) is 10. The van der Waals surface area contributed by atoms with Crippen LogP contribution in [0.3, 0.4) is 0 Å². The van der Waals surface area contributed by atoms with Crippen molar-refractivity contribution in [3.8, 4) is 17.3 Å². The van der Waals surface area contributed by atoms with Crippen LogP contribution in [0.1, 0.15) is 12.5 Å². The smallest absolute Gasteiger partial charge is 0.255 e. The number of methoxy groups -OCH3 is 1. The molecule has 45 heavy (non-hydrogen) atoms. The van der Waals surface area contributed by atoms with Crippen LogP contribution in [0.2, 0.25) is 0 Å². The van der Waals surface area contributed by atoms with Crippen molar-refractivity contribution in [1.82, 2.24) is 34.3 Å². The Labute approximate surface area is 258 Å². The number of rotatable bonds is 9. The van der Waals surface area contributed by atoms with Crippen molar-refractivity contribution in [1.29, 1.82) is 0 Å². The Morgan fingerprint density at radius 2 is 1.73 bits per heavy atom. The summed E-state index contributed by atoms with van der Waals surface area (Å²) in [6.45, 7) is 5.37. The highest BCUT2D eigenvalue weighted by molar-refractivity contribution is 5.94. The molecule has 6 aromatic rings. The van der Waals surface area contributed by atoms with E-state index in [2.05, 4.69) is 20.0 Å². The largest absolute Gasteiger partial charge is 0.491 e. The lowest BCUT2D eigenvalue weighted by Crippen LogP contribution is -2.56. The molecular formula is C32H33N9O4. The van der Waals surface area contributed by atoms with E-state index in [-0.39, 0.29) is 11.9 Å². The van der Waals surface area contributed by atoms with Gasteiger partial charge in [-0.05, 0) is 48.9 Å². The molecule has 7 rings (SSSR count). The summed E-state index contributed by atoms with van der Waals surface area (Å²) in [5.41, 5.74) is 7.95. The molecule has 5 heterocycles. The second-order valence-corrected chi connectivity index (χ2v) is 11.0. The van der Waals surface area contributed by atoms with E-state index >= 15 is 0 Å². The molecule has 1 amide bonds. The van der Waals surface area contributed by atoms with Gasteiger partial charge in [-0.1, -0.05) is 30.3 Å². The van der Waals surface area contributed by atoms with Crippen molar-refractivity contribution < 1.29 is 18.7 Å². The predicted molar refractivity (Wildman–Crippen MR) is 168 cm³/mol. The summed E-state index contributed by atoms with van der Waals surface area (Å²) in [5.74, 6) is 1.72. The predicted octanol–water partition coefficient (Wildman–Crippen LogP) is 3.45. The number of anilines is 2. The van der Waals surface area contributed by atoms with Crippen molar-refractivity contribution in [2.75, 3.05) is 57.1 Å². The van der Waals surface area contributed by atoms with Crippen molar-refractivity contribution in [2.24, 2.45) is 0 Å². The number of hydrogen-bond donors (Lipinski definition) is 1. The number of ether oxygens (including phenoxy) is 2. The van der Waals surface area contributed by atoms with E-state index in [0.717, 1.165) is 17.0 Å². The molecular weight excluding hydrogens is 574 g/mol. The van der Waals surface area contributed by atoms with Crippen LogP contribution in [0.4, 0.5) is 11.6 Å². The van der Waals surface area contributed by atoms with E-state index in [4.69, 9.17) is 24.7 Å². The number of aromatic nitrogens is 6. The molecule has 1 aliphatic rings. The number of nitrogens with two attached hydrogens (primary N) is 1. The maximum atomic E-state index is 14.6. The Bertz CT molecular complexity index is 1930. The van der Waals surface area contributed by atoms with E-state index in [9.17, 15) is 4.79 Å². The number of carbonyl (C=O) groups is 1. The van der Waals surface area contributed by atoms with Gasteiger partial charge in [0.1, 0.15) is 12.4 Å². The topological polar surface area (TPSA) is 142 Å². The molecule has 13 nitrogen and oxygen atoms in total. The summed E-state index contributed by atoms with van der Waals surface area (Å²) in [7, 11) is 1.65. The molecule has 1 fully saturated rings. The van der Waals surface area contributed by atoms with Gasteiger partial charge in [0.25, 0.3) is 5.91 Å². The molecule has 230 valence electrons. The monoisotopic (exact) mass is 607 g/mol. The Hall–Kier alpha value is -5.43. The summed E-state index contributed by atoms with van der Waals surface area (Å²) in [6, 6.07) is 21.2. The number of benzene rings is 2. The number of fused-ring (bicyclic) bond motifs is 3. The fraction of sp³-hybridized carbons (Fsp3) is 0.281. The normalized spacial score (nSPS) is 15.1.